The second-order valence-corrected chi connectivity index (χ2v) is 11.4. The Hall–Kier alpha value is -3.43. The number of carbonyl (C=O) groups is 3. The van der Waals surface area contributed by atoms with Crippen molar-refractivity contribution in [3.8, 4) is 5.75 Å². The quantitative estimate of drug-likeness (QED) is 0.215. The molecule has 0 bridgehead atoms. The Bertz CT molecular complexity index is 1230. The largest absolute Gasteiger partial charge is 0.508 e. The fourth-order valence-corrected chi connectivity index (χ4v) is 6.71. The molecule has 216 valence electrons. The SMILES string of the molecule is C=CC(C)=CC[C@]1(C)[C@H](C)C[C@H](OC(=O)c2ccc(O)cc2)[C@@]23C(=C[C@H](O)C[C@@H]12)[C@@H](OC(C)=O)O[C@H]3OC(C)=O. The minimum absolute atomic E-state index is 0.00749. The second-order valence-electron chi connectivity index (χ2n) is 11.4. The number of aliphatic hydroxyl groups is 1. The third-order valence-corrected chi connectivity index (χ3v) is 8.92. The Morgan fingerprint density at radius 1 is 1.07 bits per heavy atom. The maximum Gasteiger partial charge on any atom is 0.338 e. The molecular weight excluding hydrogens is 516 g/mol. The lowest BCUT2D eigenvalue weighted by Crippen LogP contribution is -2.63. The minimum Gasteiger partial charge on any atom is -0.508 e. The summed E-state index contributed by atoms with van der Waals surface area (Å²) in [4.78, 5) is 37.9. The zero-order chi connectivity index (χ0) is 29.4. The average molecular weight is 555 g/mol. The van der Waals surface area contributed by atoms with Crippen LogP contribution in [0.2, 0.25) is 0 Å². The van der Waals surface area contributed by atoms with Gasteiger partial charge in [-0.25, -0.2) is 4.79 Å². The number of ether oxygens (including phenoxy) is 4. The molecule has 1 saturated carbocycles. The van der Waals surface area contributed by atoms with Gasteiger partial charge in [0.1, 0.15) is 17.3 Å². The Labute approximate surface area is 234 Å². The summed E-state index contributed by atoms with van der Waals surface area (Å²) in [5.41, 5.74) is -0.0678. The molecule has 1 saturated heterocycles. The van der Waals surface area contributed by atoms with Crippen molar-refractivity contribution >= 4 is 17.9 Å². The second kappa shape index (κ2) is 11.2. The first-order chi connectivity index (χ1) is 18.8. The highest BCUT2D eigenvalue weighted by Gasteiger charge is 2.72. The number of allylic oxidation sites excluding steroid dienone is 3. The number of benzene rings is 1. The number of aliphatic hydroxyl groups excluding tert-OH is 1. The number of esters is 3. The lowest BCUT2D eigenvalue weighted by Gasteiger charge is -2.60. The van der Waals surface area contributed by atoms with E-state index in [0.717, 1.165) is 5.57 Å². The molecule has 2 aliphatic carbocycles. The monoisotopic (exact) mass is 554 g/mol. The van der Waals surface area contributed by atoms with Crippen molar-refractivity contribution in [1.29, 1.82) is 0 Å². The predicted octanol–water partition coefficient (Wildman–Crippen LogP) is 4.59. The summed E-state index contributed by atoms with van der Waals surface area (Å²) in [6.45, 7) is 12.5. The van der Waals surface area contributed by atoms with Gasteiger partial charge in [0, 0.05) is 19.4 Å². The highest BCUT2D eigenvalue weighted by molar-refractivity contribution is 5.89. The van der Waals surface area contributed by atoms with Gasteiger partial charge in [-0.05, 0) is 73.8 Å². The van der Waals surface area contributed by atoms with Crippen LogP contribution in [0.4, 0.5) is 0 Å². The average Bonchev–Trinajstić information content (AvgIpc) is 3.17. The molecule has 1 aromatic carbocycles. The molecule has 1 aromatic rings. The van der Waals surface area contributed by atoms with Crippen molar-refractivity contribution in [2.75, 3.05) is 0 Å². The molecule has 9 nitrogen and oxygen atoms in total. The van der Waals surface area contributed by atoms with E-state index in [4.69, 9.17) is 18.9 Å². The molecule has 9 heteroatoms. The minimum atomic E-state index is -1.24. The number of rotatable bonds is 7. The van der Waals surface area contributed by atoms with Crippen LogP contribution in [0.15, 0.2) is 60.2 Å². The Kier molecular flexibility index (Phi) is 8.28. The van der Waals surface area contributed by atoms with E-state index >= 15 is 0 Å². The fourth-order valence-electron chi connectivity index (χ4n) is 6.71. The van der Waals surface area contributed by atoms with Crippen LogP contribution in [-0.4, -0.2) is 52.9 Å². The first-order valence-corrected chi connectivity index (χ1v) is 13.5. The third-order valence-electron chi connectivity index (χ3n) is 8.92. The molecule has 1 heterocycles. The van der Waals surface area contributed by atoms with Gasteiger partial charge in [-0.2, -0.15) is 0 Å². The van der Waals surface area contributed by atoms with Gasteiger partial charge < -0.3 is 24.4 Å². The molecule has 2 fully saturated rings. The lowest BCUT2D eigenvalue weighted by atomic mass is 9.45. The van der Waals surface area contributed by atoms with E-state index in [1.54, 1.807) is 12.2 Å². The van der Waals surface area contributed by atoms with E-state index in [1.165, 1.54) is 38.1 Å². The zero-order valence-electron chi connectivity index (χ0n) is 23.6. The molecule has 1 spiro atoms. The molecule has 0 amide bonds. The zero-order valence-corrected chi connectivity index (χ0v) is 23.6. The molecular formula is C31H38O9. The standard InChI is InChI=1S/C31H38O9/c1-7-17(2)12-13-30(6)18(3)14-26(39-27(36)21-8-10-22(34)11-9-21)31-24(15-23(35)16-25(30)31)28(37-19(4)32)40-29(31)38-20(5)33/h7-12,15,18,23,25-26,28-29,34-35H,1,13-14,16H2,2-6H3/t18-,23+,25+,26+,28+,29-,30-,31-/m1/s1. The maximum absolute atomic E-state index is 13.4. The number of hydrogen-bond acceptors (Lipinski definition) is 9. The number of phenols is 1. The molecule has 0 radical (unpaired) electrons. The highest BCUT2D eigenvalue weighted by Crippen LogP contribution is 2.67. The number of aromatic hydroxyl groups is 1. The number of carbonyl (C=O) groups excluding carboxylic acids is 3. The van der Waals surface area contributed by atoms with Gasteiger partial charge in [-0.1, -0.05) is 38.2 Å². The van der Waals surface area contributed by atoms with Gasteiger partial charge in [0.15, 0.2) is 0 Å². The van der Waals surface area contributed by atoms with Crippen LogP contribution in [-0.2, 0) is 28.5 Å². The summed E-state index contributed by atoms with van der Waals surface area (Å²) >= 11 is 0. The molecule has 0 aromatic heterocycles. The van der Waals surface area contributed by atoms with Gasteiger partial charge in [-0.3, -0.25) is 14.3 Å². The summed E-state index contributed by atoms with van der Waals surface area (Å²) in [5.74, 6) is -2.26. The van der Waals surface area contributed by atoms with Crippen LogP contribution in [0.25, 0.3) is 0 Å². The van der Waals surface area contributed by atoms with Crippen LogP contribution in [0.5, 0.6) is 5.75 Å². The van der Waals surface area contributed by atoms with E-state index in [1.807, 2.05) is 6.92 Å². The Morgan fingerprint density at radius 2 is 1.73 bits per heavy atom. The molecule has 8 atom stereocenters. The van der Waals surface area contributed by atoms with Crippen molar-refractivity contribution < 1.29 is 43.5 Å². The molecule has 4 rings (SSSR count). The molecule has 2 N–H and O–H groups in total. The van der Waals surface area contributed by atoms with Crippen LogP contribution in [0, 0.1) is 22.7 Å². The first-order valence-electron chi connectivity index (χ1n) is 13.5. The Balaban J connectivity index is 1.90. The number of phenolic OH excluding ortho intramolecular Hbond substituents is 1. The summed E-state index contributed by atoms with van der Waals surface area (Å²) in [7, 11) is 0. The van der Waals surface area contributed by atoms with E-state index in [0.29, 0.717) is 18.4 Å². The maximum atomic E-state index is 13.4. The first kappa shape index (κ1) is 29.6. The lowest BCUT2D eigenvalue weighted by molar-refractivity contribution is -0.253. The topological polar surface area (TPSA) is 129 Å². The number of hydrogen-bond donors (Lipinski definition) is 2. The van der Waals surface area contributed by atoms with E-state index in [2.05, 4.69) is 26.5 Å². The normalized spacial score (nSPS) is 35.0. The van der Waals surface area contributed by atoms with E-state index in [9.17, 15) is 24.6 Å². The molecule has 1 aliphatic heterocycles. The van der Waals surface area contributed by atoms with Crippen molar-refractivity contribution in [3.05, 3.63) is 65.8 Å². The van der Waals surface area contributed by atoms with Crippen LogP contribution in [0.3, 0.4) is 0 Å². The summed E-state index contributed by atoms with van der Waals surface area (Å²) < 4.78 is 23.6. The molecule has 40 heavy (non-hydrogen) atoms. The van der Waals surface area contributed by atoms with Crippen molar-refractivity contribution in [2.24, 2.45) is 22.7 Å². The fraction of sp³-hybridized carbons (Fsp3) is 0.516. The smallest absolute Gasteiger partial charge is 0.338 e. The van der Waals surface area contributed by atoms with E-state index in [-0.39, 0.29) is 23.7 Å². The van der Waals surface area contributed by atoms with Gasteiger partial charge in [-0.15, -0.1) is 0 Å². The summed E-state index contributed by atoms with van der Waals surface area (Å²) in [6.07, 6.45) is 2.49. The summed E-state index contributed by atoms with van der Waals surface area (Å²) in [6, 6.07) is 5.71. The van der Waals surface area contributed by atoms with E-state index < -0.39 is 59.4 Å². The van der Waals surface area contributed by atoms with Gasteiger partial charge in [0.25, 0.3) is 0 Å². The van der Waals surface area contributed by atoms with Crippen LogP contribution >= 0.6 is 0 Å². The summed E-state index contributed by atoms with van der Waals surface area (Å²) in [5, 5.41) is 20.8. The van der Waals surface area contributed by atoms with Crippen molar-refractivity contribution in [1.82, 2.24) is 0 Å². The Morgan fingerprint density at radius 3 is 2.33 bits per heavy atom. The van der Waals surface area contributed by atoms with Crippen LogP contribution < -0.4 is 0 Å². The molecule has 3 aliphatic rings. The third kappa shape index (κ3) is 5.20. The van der Waals surface area contributed by atoms with Crippen molar-refractivity contribution in [2.45, 2.75) is 78.7 Å². The van der Waals surface area contributed by atoms with Gasteiger partial charge >= 0.3 is 17.9 Å². The molecule has 0 unspecified atom stereocenters. The highest BCUT2D eigenvalue weighted by atomic mass is 16.8. The predicted molar refractivity (Wildman–Crippen MR) is 145 cm³/mol. The van der Waals surface area contributed by atoms with Gasteiger partial charge in [0.05, 0.1) is 11.7 Å². The van der Waals surface area contributed by atoms with Gasteiger partial charge in [0.2, 0.25) is 12.6 Å². The van der Waals surface area contributed by atoms with Crippen LogP contribution in [0.1, 0.15) is 64.2 Å². The van der Waals surface area contributed by atoms with Crippen molar-refractivity contribution in [3.63, 3.8) is 0 Å².